The molecule has 2 rings (SSSR count). The summed E-state index contributed by atoms with van der Waals surface area (Å²) in [7, 11) is 0. The number of nitrogens with one attached hydrogen (secondary N) is 2. The SMILES string of the molecule is CCOC(=O)C(C=N)C=NC1CC(c2ccccc2)CCN1. The Morgan fingerprint density at radius 3 is 2.95 bits per heavy atom. The van der Waals surface area contributed by atoms with Gasteiger partial charge in [-0.3, -0.25) is 15.1 Å². The molecule has 0 saturated carbocycles. The molecule has 1 fully saturated rings. The number of esters is 1. The molecular weight excluding hydrogens is 278 g/mol. The molecule has 1 aliphatic rings. The minimum absolute atomic E-state index is 0.0177. The second-order valence-corrected chi connectivity index (χ2v) is 5.34. The van der Waals surface area contributed by atoms with Gasteiger partial charge in [-0.2, -0.15) is 0 Å². The summed E-state index contributed by atoms with van der Waals surface area (Å²) in [6.07, 6.45) is 4.56. The van der Waals surface area contributed by atoms with Crippen molar-refractivity contribution in [2.45, 2.75) is 31.8 Å². The van der Waals surface area contributed by atoms with Crippen molar-refractivity contribution in [3.05, 3.63) is 35.9 Å². The fraction of sp³-hybridized carbons (Fsp3) is 0.471. The van der Waals surface area contributed by atoms with Crippen molar-refractivity contribution in [2.75, 3.05) is 13.2 Å². The van der Waals surface area contributed by atoms with Gasteiger partial charge in [-0.1, -0.05) is 30.3 Å². The Hall–Kier alpha value is -2.01. The van der Waals surface area contributed by atoms with Gasteiger partial charge in [-0.15, -0.1) is 0 Å². The fourth-order valence-corrected chi connectivity index (χ4v) is 2.64. The van der Waals surface area contributed by atoms with Gasteiger partial charge in [0.1, 0.15) is 5.92 Å². The number of ether oxygens (including phenoxy) is 1. The maximum absolute atomic E-state index is 11.6. The molecule has 5 heteroatoms. The number of aliphatic imine (C=N–C) groups is 1. The number of hydrogen-bond acceptors (Lipinski definition) is 5. The zero-order chi connectivity index (χ0) is 15.8. The summed E-state index contributed by atoms with van der Waals surface area (Å²) in [5.74, 6) is -0.638. The number of nitrogens with zero attached hydrogens (tertiary/aromatic N) is 1. The lowest BCUT2D eigenvalue weighted by Gasteiger charge is -2.28. The molecule has 5 nitrogen and oxygen atoms in total. The Morgan fingerprint density at radius 1 is 1.50 bits per heavy atom. The molecule has 22 heavy (non-hydrogen) atoms. The van der Waals surface area contributed by atoms with Gasteiger partial charge < -0.3 is 10.1 Å². The van der Waals surface area contributed by atoms with E-state index in [1.165, 1.54) is 11.8 Å². The van der Waals surface area contributed by atoms with Gasteiger partial charge in [0.05, 0.1) is 12.8 Å². The maximum Gasteiger partial charge on any atom is 0.319 e. The fourth-order valence-electron chi connectivity index (χ4n) is 2.64. The number of carbonyl (C=O) groups excluding carboxylic acids is 1. The third kappa shape index (κ3) is 4.49. The molecule has 3 unspecified atom stereocenters. The smallest absolute Gasteiger partial charge is 0.319 e. The van der Waals surface area contributed by atoms with E-state index in [1.807, 2.05) is 6.07 Å². The molecule has 1 aliphatic heterocycles. The van der Waals surface area contributed by atoms with Crippen LogP contribution in [0.3, 0.4) is 0 Å². The van der Waals surface area contributed by atoms with E-state index in [2.05, 4.69) is 34.6 Å². The van der Waals surface area contributed by atoms with Crippen LogP contribution in [0.4, 0.5) is 0 Å². The molecule has 2 N–H and O–H groups in total. The summed E-state index contributed by atoms with van der Waals surface area (Å²) in [5.41, 5.74) is 1.33. The first-order valence-corrected chi connectivity index (χ1v) is 7.73. The van der Waals surface area contributed by atoms with Crippen LogP contribution in [0.2, 0.25) is 0 Å². The van der Waals surface area contributed by atoms with E-state index in [0.717, 1.165) is 25.6 Å². The Morgan fingerprint density at radius 2 is 2.27 bits per heavy atom. The first-order valence-electron chi connectivity index (χ1n) is 7.73. The molecule has 0 bridgehead atoms. The van der Waals surface area contributed by atoms with E-state index < -0.39 is 11.9 Å². The summed E-state index contributed by atoms with van der Waals surface area (Å²) in [6, 6.07) is 10.4. The van der Waals surface area contributed by atoms with Crippen LogP contribution in [0.5, 0.6) is 0 Å². The van der Waals surface area contributed by atoms with Gasteiger partial charge in [0.25, 0.3) is 0 Å². The summed E-state index contributed by atoms with van der Waals surface area (Å²) in [6.45, 7) is 2.97. The van der Waals surface area contributed by atoms with Crippen LogP contribution in [0.25, 0.3) is 0 Å². The predicted molar refractivity (Wildman–Crippen MR) is 87.6 cm³/mol. The predicted octanol–water partition coefficient (Wildman–Crippen LogP) is 2.38. The molecule has 1 heterocycles. The zero-order valence-corrected chi connectivity index (χ0v) is 12.9. The summed E-state index contributed by atoms with van der Waals surface area (Å²) >= 11 is 0. The quantitative estimate of drug-likeness (QED) is 0.626. The monoisotopic (exact) mass is 301 g/mol. The first-order chi connectivity index (χ1) is 10.7. The molecule has 1 aromatic carbocycles. The van der Waals surface area contributed by atoms with Gasteiger partial charge in [0, 0.05) is 12.4 Å². The van der Waals surface area contributed by atoms with Crippen LogP contribution < -0.4 is 5.32 Å². The average Bonchev–Trinajstić information content (AvgIpc) is 2.57. The number of piperidine rings is 1. The number of carbonyl (C=O) groups is 1. The molecule has 0 aromatic heterocycles. The molecule has 0 aliphatic carbocycles. The largest absolute Gasteiger partial charge is 0.465 e. The summed E-state index contributed by atoms with van der Waals surface area (Å²) in [5, 5.41) is 10.7. The molecule has 0 amide bonds. The number of benzene rings is 1. The van der Waals surface area contributed by atoms with Crippen LogP contribution in [0.1, 0.15) is 31.2 Å². The lowest BCUT2D eigenvalue weighted by molar-refractivity contribution is -0.143. The van der Waals surface area contributed by atoms with Gasteiger partial charge in [-0.25, -0.2) is 0 Å². The van der Waals surface area contributed by atoms with Crippen LogP contribution in [0.15, 0.2) is 35.3 Å². The normalized spacial score (nSPS) is 23.1. The Balaban J connectivity index is 1.96. The minimum atomic E-state index is -0.696. The lowest BCUT2D eigenvalue weighted by atomic mass is 9.89. The van der Waals surface area contributed by atoms with Crippen LogP contribution >= 0.6 is 0 Å². The topological polar surface area (TPSA) is 74.5 Å². The molecule has 3 atom stereocenters. The van der Waals surface area contributed by atoms with Crippen LogP contribution in [-0.4, -0.2) is 37.7 Å². The molecule has 118 valence electrons. The van der Waals surface area contributed by atoms with E-state index in [4.69, 9.17) is 10.1 Å². The van der Waals surface area contributed by atoms with Crippen molar-refractivity contribution in [3.63, 3.8) is 0 Å². The lowest BCUT2D eigenvalue weighted by Crippen LogP contribution is -2.36. The molecular formula is C17H23N3O2. The van der Waals surface area contributed by atoms with Crippen LogP contribution in [-0.2, 0) is 9.53 Å². The standard InChI is InChI=1S/C17H23N3O2/c1-2-22-17(21)15(11-18)12-20-16-10-14(8-9-19-16)13-6-4-3-5-7-13/h3-7,11-12,14-16,18-19H,2,8-10H2,1H3. The van der Waals surface area contributed by atoms with Crippen molar-refractivity contribution < 1.29 is 9.53 Å². The third-order valence-electron chi connectivity index (χ3n) is 3.82. The summed E-state index contributed by atoms with van der Waals surface area (Å²) < 4.78 is 4.92. The highest BCUT2D eigenvalue weighted by Crippen LogP contribution is 2.27. The third-order valence-corrected chi connectivity index (χ3v) is 3.82. The van der Waals surface area contributed by atoms with Crippen molar-refractivity contribution >= 4 is 18.4 Å². The Bertz CT molecular complexity index is 516. The molecule has 1 aromatic rings. The van der Waals surface area contributed by atoms with Gasteiger partial charge in [0.2, 0.25) is 0 Å². The van der Waals surface area contributed by atoms with E-state index in [9.17, 15) is 4.79 Å². The highest BCUT2D eigenvalue weighted by Gasteiger charge is 2.22. The van der Waals surface area contributed by atoms with Crippen LogP contribution in [0, 0.1) is 11.3 Å². The summed E-state index contributed by atoms with van der Waals surface area (Å²) in [4.78, 5) is 16.1. The first kappa shape index (κ1) is 16.4. The number of rotatable bonds is 6. The van der Waals surface area contributed by atoms with E-state index in [1.54, 1.807) is 6.92 Å². The van der Waals surface area contributed by atoms with Crippen molar-refractivity contribution in [2.24, 2.45) is 10.9 Å². The highest BCUT2D eigenvalue weighted by atomic mass is 16.5. The van der Waals surface area contributed by atoms with Gasteiger partial charge >= 0.3 is 5.97 Å². The molecule has 1 saturated heterocycles. The second kappa shape index (κ2) is 8.44. The average molecular weight is 301 g/mol. The molecule has 0 radical (unpaired) electrons. The van der Waals surface area contributed by atoms with Crippen molar-refractivity contribution in [1.29, 1.82) is 5.41 Å². The van der Waals surface area contributed by atoms with Crippen molar-refractivity contribution in [3.8, 4) is 0 Å². The van der Waals surface area contributed by atoms with E-state index in [-0.39, 0.29) is 6.17 Å². The Kier molecular flexibility index (Phi) is 6.27. The highest BCUT2D eigenvalue weighted by molar-refractivity contribution is 6.04. The van der Waals surface area contributed by atoms with E-state index in [0.29, 0.717) is 12.5 Å². The van der Waals surface area contributed by atoms with E-state index >= 15 is 0 Å². The zero-order valence-electron chi connectivity index (χ0n) is 12.9. The Labute approximate surface area is 131 Å². The number of hydrogen-bond donors (Lipinski definition) is 2. The van der Waals surface area contributed by atoms with Crippen molar-refractivity contribution in [1.82, 2.24) is 5.32 Å². The minimum Gasteiger partial charge on any atom is -0.465 e. The maximum atomic E-state index is 11.6. The second-order valence-electron chi connectivity index (χ2n) is 5.34. The van der Waals surface area contributed by atoms with Gasteiger partial charge in [-0.05, 0) is 37.8 Å². The molecule has 0 spiro atoms. The van der Waals surface area contributed by atoms with Gasteiger partial charge in [0.15, 0.2) is 0 Å².